The van der Waals surface area contributed by atoms with Crippen molar-refractivity contribution in [2.45, 2.75) is 71.3 Å². The van der Waals surface area contributed by atoms with Crippen LogP contribution >= 0.6 is 11.6 Å². The van der Waals surface area contributed by atoms with Crippen LogP contribution in [0.2, 0.25) is 0 Å². The van der Waals surface area contributed by atoms with Crippen molar-refractivity contribution in [2.75, 3.05) is 25.5 Å². The molecular formula is C27H42ClNO. The largest absolute Gasteiger partial charge is 0.389 e. The number of hydrogen-bond donors (Lipinski definition) is 1. The van der Waals surface area contributed by atoms with Gasteiger partial charge in [-0.05, 0) is 71.3 Å². The maximum absolute atomic E-state index is 11.0. The van der Waals surface area contributed by atoms with Crippen molar-refractivity contribution in [1.29, 1.82) is 0 Å². The van der Waals surface area contributed by atoms with Gasteiger partial charge < -0.3 is 10.0 Å². The van der Waals surface area contributed by atoms with Crippen molar-refractivity contribution in [2.24, 2.45) is 0 Å². The van der Waals surface area contributed by atoms with E-state index in [4.69, 9.17) is 11.6 Å². The van der Waals surface area contributed by atoms with E-state index in [0.717, 1.165) is 69.3 Å². The summed E-state index contributed by atoms with van der Waals surface area (Å²) in [6, 6.07) is 0. The van der Waals surface area contributed by atoms with Gasteiger partial charge in [0.05, 0.1) is 5.60 Å². The molecule has 168 valence electrons. The molecule has 1 aliphatic rings. The lowest BCUT2D eigenvalue weighted by Crippen LogP contribution is -2.44. The molecule has 0 aromatic rings. The van der Waals surface area contributed by atoms with E-state index in [0.29, 0.717) is 12.3 Å². The van der Waals surface area contributed by atoms with Crippen LogP contribution in [0.3, 0.4) is 0 Å². The van der Waals surface area contributed by atoms with Gasteiger partial charge in [0.1, 0.15) is 0 Å². The minimum absolute atomic E-state index is 0.535. The van der Waals surface area contributed by atoms with Crippen LogP contribution in [0.5, 0.6) is 0 Å². The Labute approximate surface area is 190 Å². The van der Waals surface area contributed by atoms with Crippen molar-refractivity contribution < 1.29 is 5.11 Å². The molecule has 0 unspecified atom stereocenters. The van der Waals surface area contributed by atoms with E-state index < -0.39 is 5.60 Å². The van der Waals surface area contributed by atoms with E-state index in [9.17, 15) is 5.11 Å². The molecule has 0 radical (unpaired) electrons. The zero-order valence-electron chi connectivity index (χ0n) is 19.4. The number of piperidine rings is 1. The fraction of sp³-hybridized carbons (Fsp3) is 0.556. The number of halogens is 1. The Kier molecular flexibility index (Phi) is 13.7. The molecule has 0 aromatic heterocycles. The van der Waals surface area contributed by atoms with Crippen LogP contribution in [0.1, 0.15) is 65.7 Å². The molecule has 1 fully saturated rings. The quantitative estimate of drug-likeness (QED) is 0.190. The summed E-state index contributed by atoms with van der Waals surface area (Å²) in [6.45, 7) is 13.4. The highest BCUT2D eigenvalue weighted by atomic mass is 35.5. The summed E-state index contributed by atoms with van der Waals surface area (Å²) in [4.78, 5) is 2.46. The SMILES string of the molecule is C=C(C/C=C(C)\C(=C/C)CCl)CC1(O)CCN(CC/C=C/C/C=C\C/C=C\C)CC1. The summed E-state index contributed by atoms with van der Waals surface area (Å²) in [5, 5.41) is 11.0. The zero-order chi connectivity index (χ0) is 22.2. The maximum atomic E-state index is 11.0. The fourth-order valence-electron chi connectivity index (χ4n) is 3.70. The Morgan fingerprint density at radius 2 is 1.70 bits per heavy atom. The van der Waals surface area contributed by atoms with Crippen molar-refractivity contribution in [1.82, 2.24) is 4.90 Å². The number of allylic oxidation sites excluding steroid dienone is 9. The normalized spacial score (nSPS) is 18.8. The van der Waals surface area contributed by atoms with Gasteiger partial charge in [-0.15, -0.1) is 11.6 Å². The van der Waals surface area contributed by atoms with Gasteiger partial charge in [0, 0.05) is 25.5 Å². The van der Waals surface area contributed by atoms with Crippen LogP contribution in [-0.4, -0.2) is 41.1 Å². The minimum atomic E-state index is -0.598. The van der Waals surface area contributed by atoms with Crippen LogP contribution in [0, 0.1) is 0 Å². The lowest BCUT2D eigenvalue weighted by atomic mass is 9.84. The highest BCUT2D eigenvalue weighted by Crippen LogP contribution is 2.30. The highest BCUT2D eigenvalue weighted by Gasteiger charge is 2.32. The van der Waals surface area contributed by atoms with Gasteiger partial charge in [-0.1, -0.05) is 66.3 Å². The topological polar surface area (TPSA) is 23.5 Å². The molecule has 1 rings (SSSR count). The molecular weight excluding hydrogens is 390 g/mol. The number of rotatable bonds is 13. The third-order valence-corrected chi connectivity index (χ3v) is 6.07. The molecule has 1 aliphatic heterocycles. The van der Waals surface area contributed by atoms with Gasteiger partial charge in [0.2, 0.25) is 0 Å². The molecule has 0 atom stereocenters. The van der Waals surface area contributed by atoms with Gasteiger partial charge in [0.15, 0.2) is 0 Å². The van der Waals surface area contributed by atoms with Crippen molar-refractivity contribution in [3.63, 3.8) is 0 Å². The molecule has 0 aliphatic carbocycles. The minimum Gasteiger partial charge on any atom is -0.389 e. The summed E-state index contributed by atoms with van der Waals surface area (Å²) in [5.41, 5.74) is 2.87. The van der Waals surface area contributed by atoms with E-state index in [2.05, 4.69) is 67.0 Å². The summed E-state index contributed by atoms with van der Waals surface area (Å²) in [5.74, 6) is 0.535. The van der Waals surface area contributed by atoms with Gasteiger partial charge in [-0.25, -0.2) is 0 Å². The molecule has 0 amide bonds. The molecule has 2 nitrogen and oxygen atoms in total. The smallest absolute Gasteiger partial charge is 0.0709 e. The molecule has 1 N–H and O–H groups in total. The fourth-order valence-corrected chi connectivity index (χ4v) is 4.07. The number of nitrogens with zero attached hydrogens (tertiary/aromatic N) is 1. The van der Waals surface area contributed by atoms with Crippen molar-refractivity contribution in [3.05, 3.63) is 71.9 Å². The Bertz CT molecular complexity index is 646. The van der Waals surface area contributed by atoms with Crippen LogP contribution in [-0.2, 0) is 0 Å². The van der Waals surface area contributed by atoms with Gasteiger partial charge in [0.25, 0.3) is 0 Å². The lowest BCUT2D eigenvalue weighted by Gasteiger charge is -2.38. The van der Waals surface area contributed by atoms with E-state index >= 15 is 0 Å². The second kappa shape index (κ2) is 15.5. The summed E-state index contributed by atoms with van der Waals surface area (Å²) in [6.07, 6.45) is 23.7. The van der Waals surface area contributed by atoms with E-state index in [-0.39, 0.29) is 0 Å². The third-order valence-electron chi connectivity index (χ3n) is 5.79. The van der Waals surface area contributed by atoms with Gasteiger partial charge in [-0.2, -0.15) is 0 Å². The van der Waals surface area contributed by atoms with Gasteiger partial charge in [-0.3, -0.25) is 0 Å². The summed E-state index contributed by atoms with van der Waals surface area (Å²) >= 11 is 5.97. The monoisotopic (exact) mass is 431 g/mol. The molecule has 30 heavy (non-hydrogen) atoms. The highest BCUT2D eigenvalue weighted by molar-refractivity contribution is 6.19. The van der Waals surface area contributed by atoms with E-state index in [1.165, 1.54) is 5.57 Å². The average Bonchev–Trinajstić information content (AvgIpc) is 2.73. The molecule has 0 spiro atoms. The maximum Gasteiger partial charge on any atom is 0.0709 e. The number of aliphatic hydroxyl groups is 1. The second-order valence-electron chi connectivity index (χ2n) is 8.30. The van der Waals surface area contributed by atoms with Crippen LogP contribution in [0.4, 0.5) is 0 Å². The molecule has 3 heteroatoms. The lowest BCUT2D eigenvalue weighted by molar-refractivity contribution is -0.0203. The van der Waals surface area contributed by atoms with Crippen molar-refractivity contribution >= 4 is 11.6 Å². The first kappa shape index (κ1) is 26.7. The molecule has 1 heterocycles. The van der Waals surface area contributed by atoms with E-state index in [1.807, 2.05) is 13.8 Å². The first-order valence-electron chi connectivity index (χ1n) is 11.3. The van der Waals surface area contributed by atoms with Crippen LogP contribution < -0.4 is 0 Å². The standard InChI is InChI=1S/C27H42ClNO/c1-5-7-8-9-10-11-12-13-14-19-29-20-17-27(30,18-21-29)22-24(3)15-16-25(4)26(6-2)23-28/h5-7,9-10,12-13,16,30H,3,8,11,14-15,17-23H2,1-2,4H3/b7-5-,10-9-,13-12+,25-16-,26-6-. The van der Waals surface area contributed by atoms with E-state index in [1.54, 1.807) is 0 Å². The second-order valence-corrected chi connectivity index (χ2v) is 8.57. The predicted molar refractivity (Wildman–Crippen MR) is 134 cm³/mol. The van der Waals surface area contributed by atoms with Crippen LogP contribution in [0.15, 0.2) is 71.9 Å². The number of likely N-dealkylation sites (tertiary alicyclic amines) is 1. The molecule has 0 aromatic carbocycles. The average molecular weight is 432 g/mol. The number of alkyl halides is 1. The first-order chi connectivity index (χ1) is 14.4. The van der Waals surface area contributed by atoms with Gasteiger partial charge >= 0.3 is 0 Å². The molecule has 1 saturated heterocycles. The predicted octanol–water partition coefficient (Wildman–Crippen LogP) is 7.14. The van der Waals surface area contributed by atoms with Crippen LogP contribution in [0.25, 0.3) is 0 Å². The Balaban J connectivity index is 2.29. The Hall–Kier alpha value is -1.35. The Morgan fingerprint density at radius 3 is 2.30 bits per heavy atom. The summed E-state index contributed by atoms with van der Waals surface area (Å²) in [7, 11) is 0. The zero-order valence-corrected chi connectivity index (χ0v) is 20.1. The first-order valence-corrected chi connectivity index (χ1v) is 11.9. The Morgan fingerprint density at radius 1 is 1.07 bits per heavy atom. The summed E-state index contributed by atoms with van der Waals surface area (Å²) < 4.78 is 0. The molecule has 0 bridgehead atoms. The number of hydrogen-bond acceptors (Lipinski definition) is 2. The van der Waals surface area contributed by atoms with Crippen molar-refractivity contribution in [3.8, 4) is 0 Å². The molecule has 0 saturated carbocycles. The third kappa shape index (κ3) is 11.2.